The summed E-state index contributed by atoms with van der Waals surface area (Å²) in [4.78, 5) is 3.90. The summed E-state index contributed by atoms with van der Waals surface area (Å²) in [7, 11) is 0. The van der Waals surface area contributed by atoms with Gasteiger partial charge in [-0.2, -0.15) is 8.78 Å². The van der Waals surface area contributed by atoms with E-state index in [0.29, 0.717) is 17.0 Å². The molecule has 1 heterocycles. The molecule has 0 saturated heterocycles. The number of benzene rings is 1. The lowest BCUT2D eigenvalue weighted by molar-refractivity contribution is -0.0498. The van der Waals surface area contributed by atoms with Gasteiger partial charge in [-0.05, 0) is 35.7 Å². The zero-order valence-electron chi connectivity index (χ0n) is 10.5. The van der Waals surface area contributed by atoms with Crippen LogP contribution in [0, 0.1) is 0 Å². The van der Waals surface area contributed by atoms with Crippen LogP contribution >= 0.6 is 11.6 Å². The summed E-state index contributed by atoms with van der Waals surface area (Å²) in [5.41, 5.74) is 7.63. The van der Waals surface area contributed by atoms with E-state index in [-0.39, 0.29) is 11.8 Å². The molecule has 0 saturated carbocycles. The van der Waals surface area contributed by atoms with Crippen LogP contribution in [-0.4, -0.2) is 11.6 Å². The topological polar surface area (TPSA) is 48.1 Å². The molecular formula is C14H13ClF2N2O. The Morgan fingerprint density at radius 1 is 1.30 bits per heavy atom. The third-order valence-corrected chi connectivity index (χ3v) is 3.15. The van der Waals surface area contributed by atoms with Crippen molar-refractivity contribution in [3.05, 3.63) is 58.9 Å². The van der Waals surface area contributed by atoms with E-state index in [1.165, 1.54) is 12.1 Å². The van der Waals surface area contributed by atoms with Gasteiger partial charge < -0.3 is 10.5 Å². The Balaban J connectivity index is 2.13. The van der Waals surface area contributed by atoms with E-state index in [1.807, 2.05) is 0 Å². The summed E-state index contributed by atoms with van der Waals surface area (Å²) in [5.74, 6) is 0.0915. The van der Waals surface area contributed by atoms with Crippen LogP contribution in [-0.2, 0) is 6.42 Å². The van der Waals surface area contributed by atoms with Gasteiger partial charge in [0.2, 0.25) is 0 Å². The lowest BCUT2D eigenvalue weighted by Crippen LogP contribution is -2.14. The fourth-order valence-electron chi connectivity index (χ4n) is 1.85. The van der Waals surface area contributed by atoms with E-state index >= 15 is 0 Å². The second kappa shape index (κ2) is 6.63. The molecule has 1 atom stereocenters. The van der Waals surface area contributed by atoms with Gasteiger partial charge in [-0.25, -0.2) is 0 Å². The molecule has 3 nitrogen and oxygen atoms in total. The van der Waals surface area contributed by atoms with E-state index in [9.17, 15) is 8.78 Å². The summed E-state index contributed by atoms with van der Waals surface area (Å²) in [6, 6.07) is 7.77. The molecule has 1 unspecified atom stereocenters. The maximum absolute atomic E-state index is 12.2. The number of ether oxygens (including phenoxy) is 1. The average molecular weight is 299 g/mol. The van der Waals surface area contributed by atoms with Crippen molar-refractivity contribution in [3.8, 4) is 5.75 Å². The highest BCUT2D eigenvalue weighted by Gasteiger charge is 2.11. The summed E-state index contributed by atoms with van der Waals surface area (Å²) < 4.78 is 28.7. The molecule has 0 amide bonds. The molecule has 2 N–H and O–H groups in total. The van der Waals surface area contributed by atoms with Crippen LogP contribution in [0.3, 0.4) is 0 Å². The van der Waals surface area contributed by atoms with E-state index in [4.69, 9.17) is 17.3 Å². The first-order valence-electron chi connectivity index (χ1n) is 5.95. The Labute approximate surface area is 120 Å². The van der Waals surface area contributed by atoms with Crippen molar-refractivity contribution in [2.45, 2.75) is 19.1 Å². The van der Waals surface area contributed by atoms with Gasteiger partial charge >= 0.3 is 6.61 Å². The van der Waals surface area contributed by atoms with Crippen molar-refractivity contribution in [3.63, 3.8) is 0 Å². The molecule has 1 aromatic carbocycles. The predicted octanol–water partition coefficient (Wildman–Crippen LogP) is 3.58. The number of aromatic nitrogens is 1. The molecule has 2 rings (SSSR count). The van der Waals surface area contributed by atoms with Gasteiger partial charge in [0.15, 0.2) is 0 Å². The number of rotatable bonds is 5. The van der Waals surface area contributed by atoms with E-state index in [1.54, 1.807) is 30.6 Å². The third-order valence-electron chi connectivity index (χ3n) is 2.81. The van der Waals surface area contributed by atoms with Crippen molar-refractivity contribution in [2.75, 3.05) is 0 Å². The molecule has 20 heavy (non-hydrogen) atoms. The molecular weight excluding hydrogens is 286 g/mol. The smallest absolute Gasteiger partial charge is 0.387 e. The summed E-state index contributed by atoms with van der Waals surface area (Å²) >= 11 is 6.01. The van der Waals surface area contributed by atoms with Crippen LogP contribution in [0.25, 0.3) is 0 Å². The zero-order valence-corrected chi connectivity index (χ0v) is 11.2. The quantitative estimate of drug-likeness (QED) is 0.918. The second-order valence-corrected chi connectivity index (χ2v) is 4.64. The first-order chi connectivity index (χ1) is 9.56. The molecule has 0 radical (unpaired) electrons. The molecule has 0 aliphatic rings. The molecule has 0 aliphatic carbocycles. The van der Waals surface area contributed by atoms with Crippen molar-refractivity contribution in [2.24, 2.45) is 5.73 Å². The van der Waals surface area contributed by atoms with Crippen LogP contribution in [0.2, 0.25) is 5.02 Å². The Morgan fingerprint density at radius 2 is 2.10 bits per heavy atom. The van der Waals surface area contributed by atoms with E-state index < -0.39 is 6.61 Å². The van der Waals surface area contributed by atoms with Crippen molar-refractivity contribution in [1.82, 2.24) is 4.98 Å². The summed E-state index contributed by atoms with van der Waals surface area (Å²) in [5, 5.41) is 0.530. The van der Waals surface area contributed by atoms with Gasteiger partial charge in [-0.15, -0.1) is 0 Å². The van der Waals surface area contributed by atoms with Crippen molar-refractivity contribution in [1.29, 1.82) is 0 Å². The van der Waals surface area contributed by atoms with Crippen LogP contribution in [0.4, 0.5) is 8.78 Å². The van der Waals surface area contributed by atoms with Gasteiger partial charge in [-0.3, -0.25) is 4.98 Å². The Morgan fingerprint density at radius 3 is 2.80 bits per heavy atom. The lowest BCUT2D eigenvalue weighted by Gasteiger charge is -2.14. The van der Waals surface area contributed by atoms with Crippen LogP contribution in [0.5, 0.6) is 5.75 Å². The van der Waals surface area contributed by atoms with Crippen LogP contribution < -0.4 is 10.5 Å². The third kappa shape index (κ3) is 3.88. The van der Waals surface area contributed by atoms with Crippen molar-refractivity contribution < 1.29 is 13.5 Å². The number of hydrogen-bond acceptors (Lipinski definition) is 3. The lowest BCUT2D eigenvalue weighted by atomic mass is 10.0. The van der Waals surface area contributed by atoms with Gasteiger partial charge in [0.1, 0.15) is 5.75 Å². The number of nitrogens with two attached hydrogens (primary N) is 1. The fraction of sp³-hybridized carbons (Fsp3) is 0.214. The molecule has 0 fully saturated rings. The number of nitrogens with zero attached hydrogens (tertiary/aromatic N) is 1. The Kier molecular flexibility index (Phi) is 4.87. The number of alkyl halides is 2. The molecule has 6 heteroatoms. The fourth-order valence-corrected chi connectivity index (χ4v) is 2.04. The van der Waals surface area contributed by atoms with Gasteiger partial charge in [-0.1, -0.05) is 23.7 Å². The molecule has 1 aromatic heterocycles. The molecule has 0 aliphatic heterocycles. The van der Waals surface area contributed by atoms with E-state index in [0.717, 1.165) is 5.56 Å². The number of hydrogen-bond donors (Lipinski definition) is 1. The second-order valence-electron chi connectivity index (χ2n) is 4.23. The van der Waals surface area contributed by atoms with Gasteiger partial charge in [0.25, 0.3) is 0 Å². The van der Waals surface area contributed by atoms with E-state index in [2.05, 4.69) is 9.72 Å². The normalized spacial score (nSPS) is 12.4. The zero-order chi connectivity index (χ0) is 14.5. The van der Waals surface area contributed by atoms with Gasteiger partial charge in [0, 0.05) is 18.4 Å². The molecule has 2 aromatic rings. The Bertz CT molecular complexity index is 581. The average Bonchev–Trinajstić information content (AvgIpc) is 2.41. The molecule has 0 bridgehead atoms. The minimum absolute atomic E-state index is 0.0915. The monoisotopic (exact) mass is 298 g/mol. The number of halogens is 3. The van der Waals surface area contributed by atoms with Crippen molar-refractivity contribution >= 4 is 11.6 Å². The van der Waals surface area contributed by atoms with Crippen LogP contribution in [0.15, 0.2) is 42.7 Å². The maximum Gasteiger partial charge on any atom is 0.387 e. The molecule has 106 valence electrons. The SMILES string of the molecule is NC(Cc1ccncc1Cl)c1cccc(OC(F)F)c1. The van der Waals surface area contributed by atoms with Crippen LogP contribution in [0.1, 0.15) is 17.2 Å². The maximum atomic E-state index is 12.2. The largest absolute Gasteiger partial charge is 0.435 e. The number of pyridine rings is 1. The first-order valence-corrected chi connectivity index (χ1v) is 6.33. The standard InChI is InChI=1S/C14H13ClF2N2O/c15-12-8-19-5-4-9(12)7-13(18)10-2-1-3-11(6-10)20-14(16)17/h1-6,8,13-14H,7,18H2. The first kappa shape index (κ1) is 14.7. The minimum Gasteiger partial charge on any atom is -0.435 e. The Hall–Kier alpha value is -1.72. The predicted molar refractivity (Wildman–Crippen MR) is 73.0 cm³/mol. The highest BCUT2D eigenvalue weighted by Crippen LogP contribution is 2.24. The molecule has 0 spiro atoms. The summed E-state index contributed by atoms with van der Waals surface area (Å²) in [6.45, 7) is -2.85. The summed E-state index contributed by atoms with van der Waals surface area (Å²) in [6.07, 6.45) is 3.66. The van der Waals surface area contributed by atoms with Gasteiger partial charge in [0.05, 0.1) is 5.02 Å². The minimum atomic E-state index is -2.85. The highest BCUT2D eigenvalue weighted by atomic mass is 35.5. The highest BCUT2D eigenvalue weighted by molar-refractivity contribution is 6.31.